The van der Waals surface area contributed by atoms with Crippen molar-refractivity contribution in [1.82, 2.24) is 10.2 Å². The van der Waals surface area contributed by atoms with Gasteiger partial charge in [0.2, 0.25) is 11.8 Å². The second-order valence-electron chi connectivity index (χ2n) is 11.1. The summed E-state index contributed by atoms with van der Waals surface area (Å²) in [6.07, 6.45) is 0.835. The molecule has 0 radical (unpaired) electrons. The molecule has 4 rings (SSSR count). The summed E-state index contributed by atoms with van der Waals surface area (Å²) in [6, 6.07) is 25.3. The monoisotopic (exact) mass is 729 g/mol. The first-order chi connectivity index (χ1) is 22.9. The van der Waals surface area contributed by atoms with E-state index in [9.17, 15) is 18.0 Å². The van der Waals surface area contributed by atoms with Gasteiger partial charge in [0.05, 0.1) is 17.2 Å². The van der Waals surface area contributed by atoms with Gasteiger partial charge in [-0.1, -0.05) is 90.3 Å². The van der Waals surface area contributed by atoms with Crippen LogP contribution >= 0.6 is 34.8 Å². The van der Waals surface area contributed by atoms with E-state index < -0.39 is 28.5 Å². The molecule has 0 bridgehead atoms. The zero-order valence-electron chi connectivity index (χ0n) is 26.9. The topological polar surface area (TPSA) is 96.0 Å². The van der Waals surface area contributed by atoms with Gasteiger partial charge in [0, 0.05) is 34.1 Å². The number of ether oxygens (including phenoxy) is 1. The lowest BCUT2D eigenvalue weighted by molar-refractivity contribution is -0.140. The van der Waals surface area contributed by atoms with Crippen molar-refractivity contribution in [2.75, 3.05) is 17.5 Å². The predicted molar refractivity (Wildman–Crippen MR) is 192 cm³/mol. The molecule has 0 aliphatic rings. The molecule has 2 unspecified atom stereocenters. The molecule has 0 aliphatic heterocycles. The fraction of sp³-hybridized carbons (Fsp3) is 0.278. The Bertz CT molecular complexity index is 1810. The summed E-state index contributed by atoms with van der Waals surface area (Å²) in [7, 11) is -4.35. The van der Waals surface area contributed by atoms with E-state index in [4.69, 9.17) is 39.5 Å². The lowest BCUT2D eigenvalue weighted by atomic mass is 10.0. The first kappa shape index (κ1) is 37.1. The van der Waals surface area contributed by atoms with Crippen LogP contribution in [0.2, 0.25) is 15.1 Å². The molecule has 48 heavy (non-hydrogen) atoms. The summed E-state index contributed by atoms with van der Waals surface area (Å²) in [5.74, 6) is -0.744. The molecule has 254 valence electrons. The number of carbonyl (C=O) groups excluding carboxylic acids is 2. The minimum Gasteiger partial charge on any atom is -0.492 e. The zero-order chi connectivity index (χ0) is 34.8. The van der Waals surface area contributed by atoms with Crippen LogP contribution in [0.5, 0.6) is 5.75 Å². The number of nitrogens with one attached hydrogen (secondary N) is 1. The Morgan fingerprint density at radius 3 is 2.15 bits per heavy atom. The van der Waals surface area contributed by atoms with Gasteiger partial charge in [0.25, 0.3) is 10.0 Å². The average Bonchev–Trinajstić information content (AvgIpc) is 3.07. The number of hydrogen-bond acceptors (Lipinski definition) is 5. The highest BCUT2D eigenvalue weighted by Crippen LogP contribution is 2.33. The van der Waals surface area contributed by atoms with Crippen molar-refractivity contribution in [2.45, 2.75) is 57.1 Å². The van der Waals surface area contributed by atoms with Crippen LogP contribution in [0.4, 0.5) is 5.69 Å². The predicted octanol–water partition coefficient (Wildman–Crippen LogP) is 7.80. The van der Waals surface area contributed by atoms with E-state index in [2.05, 4.69) is 5.32 Å². The molecule has 1 N–H and O–H groups in total. The molecule has 0 fully saturated rings. The Kier molecular flexibility index (Phi) is 13.2. The van der Waals surface area contributed by atoms with E-state index in [1.165, 1.54) is 29.2 Å². The molecule has 0 saturated carbocycles. The maximum atomic E-state index is 14.7. The zero-order valence-corrected chi connectivity index (χ0v) is 30.0. The molecular formula is C36H38Cl3N3O5S. The third-order valence-electron chi connectivity index (χ3n) is 7.74. The van der Waals surface area contributed by atoms with Crippen LogP contribution in [0.1, 0.15) is 38.3 Å². The molecule has 2 atom stereocenters. The molecule has 0 aliphatic carbocycles. The minimum atomic E-state index is -4.35. The third kappa shape index (κ3) is 9.44. The van der Waals surface area contributed by atoms with Crippen LogP contribution in [0, 0.1) is 0 Å². The van der Waals surface area contributed by atoms with Gasteiger partial charge in [-0.3, -0.25) is 13.9 Å². The summed E-state index contributed by atoms with van der Waals surface area (Å²) < 4.78 is 35.5. The van der Waals surface area contributed by atoms with Crippen molar-refractivity contribution in [3.8, 4) is 5.75 Å². The fourth-order valence-corrected chi connectivity index (χ4v) is 7.04. The second-order valence-corrected chi connectivity index (χ2v) is 14.3. The minimum absolute atomic E-state index is 0.0753. The van der Waals surface area contributed by atoms with E-state index in [-0.39, 0.29) is 47.9 Å². The smallest absolute Gasteiger partial charge is 0.264 e. The lowest BCUT2D eigenvalue weighted by Crippen LogP contribution is -2.54. The van der Waals surface area contributed by atoms with Crippen molar-refractivity contribution < 1.29 is 22.7 Å². The Morgan fingerprint density at radius 2 is 1.50 bits per heavy atom. The number of sulfonamides is 1. The van der Waals surface area contributed by atoms with E-state index in [0.29, 0.717) is 27.1 Å². The quantitative estimate of drug-likeness (QED) is 0.135. The highest BCUT2D eigenvalue weighted by atomic mass is 35.5. The summed E-state index contributed by atoms with van der Waals surface area (Å²) in [5.41, 5.74) is 1.51. The fourth-order valence-electron chi connectivity index (χ4n) is 5.02. The normalized spacial score (nSPS) is 12.5. The molecule has 2 amide bonds. The number of rotatable bonds is 15. The van der Waals surface area contributed by atoms with Gasteiger partial charge in [-0.15, -0.1) is 0 Å². The number of benzene rings is 4. The summed E-state index contributed by atoms with van der Waals surface area (Å²) in [4.78, 5) is 30.0. The molecule has 0 heterocycles. The summed E-state index contributed by atoms with van der Waals surface area (Å²) >= 11 is 18.9. The maximum Gasteiger partial charge on any atom is 0.264 e. The Morgan fingerprint density at radius 1 is 0.854 bits per heavy atom. The lowest BCUT2D eigenvalue weighted by Gasteiger charge is -2.34. The third-order valence-corrected chi connectivity index (χ3v) is 10.4. The summed E-state index contributed by atoms with van der Waals surface area (Å²) in [6.45, 7) is 5.12. The number of anilines is 1. The van der Waals surface area contributed by atoms with E-state index in [1.54, 1.807) is 49.4 Å². The molecule has 12 heteroatoms. The van der Waals surface area contributed by atoms with Crippen LogP contribution in [-0.2, 0) is 32.6 Å². The van der Waals surface area contributed by atoms with Gasteiger partial charge < -0.3 is 15.0 Å². The van der Waals surface area contributed by atoms with E-state index in [1.807, 2.05) is 44.2 Å². The first-order valence-electron chi connectivity index (χ1n) is 15.5. The highest BCUT2D eigenvalue weighted by molar-refractivity contribution is 7.92. The van der Waals surface area contributed by atoms with E-state index in [0.717, 1.165) is 9.87 Å². The number of nitrogens with zero attached hydrogens (tertiary/aromatic N) is 2. The maximum absolute atomic E-state index is 14.7. The Balaban J connectivity index is 1.86. The molecule has 0 saturated heterocycles. The van der Waals surface area contributed by atoms with Gasteiger partial charge in [0.1, 0.15) is 18.3 Å². The van der Waals surface area contributed by atoms with E-state index >= 15 is 0 Å². The molecular weight excluding hydrogens is 693 g/mol. The standard InChI is InChI=1S/C36H38Cl3N3O5S/c1-4-25(3)40-36(44)33(21-26-11-7-6-8-12-26)41(23-27-15-16-29(38)22-31(27)39)35(43)24-42(32-13-9-10-14-34(32)47-5-2)48(45,46)30-19-17-28(37)18-20-30/h6-20,22,25,33H,4-5,21,23-24H2,1-3H3,(H,40,44). The van der Waals surface area contributed by atoms with Crippen molar-refractivity contribution in [1.29, 1.82) is 0 Å². The Hall–Kier alpha value is -3.76. The van der Waals surface area contributed by atoms with Gasteiger partial charge >= 0.3 is 0 Å². The number of carbonyl (C=O) groups is 2. The van der Waals surface area contributed by atoms with Crippen LogP contribution < -0.4 is 14.4 Å². The molecule has 0 spiro atoms. The van der Waals surface area contributed by atoms with Crippen molar-refractivity contribution in [3.63, 3.8) is 0 Å². The van der Waals surface area contributed by atoms with Crippen molar-refractivity contribution in [2.24, 2.45) is 0 Å². The van der Waals surface area contributed by atoms with Crippen molar-refractivity contribution >= 4 is 62.3 Å². The molecule has 8 nitrogen and oxygen atoms in total. The number of amides is 2. The van der Waals surface area contributed by atoms with Crippen LogP contribution in [0.25, 0.3) is 0 Å². The van der Waals surface area contributed by atoms with Gasteiger partial charge in [0.15, 0.2) is 0 Å². The van der Waals surface area contributed by atoms with Gasteiger partial charge in [-0.05, 0) is 79.9 Å². The van der Waals surface area contributed by atoms with Gasteiger partial charge in [-0.25, -0.2) is 8.42 Å². The summed E-state index contributed by atoms with van der Waals surface area (Å²) in [5, 5.41) is 4.08. The first-order valence-corrected chi connectivity index (χ1v) is 18.1. The highest BCUT2D eigenvalue weighted by Gasteiger charge is 2.36. The SMILES string of the molecule is CCOc1ccccc1N(CC(=O)N(Cc1ccc(Cl)cc1Cl)C(Cc1ccccc1)C(=O)NC(C)CC)S(=O)(=O)c1ccc(Cl)cc1. The second kappa shape index (κ2) is 17.1. The van der Waals surface area contributed by atoms with Crippen molar-refractivity contribution in [3.05, 3.63) is 123 Å². The van der Waals surface area contributed by atoms with Crippen LogP contribution in [-0.4, -0.2) is 50.4 Å². The molecule has 4 aromatic carbocycles. The average molecular weight is 731 g/mol. The van der Waals surface area contributed by atoms with Crippen LogP contribution in [0.3, 0.4) is 0 Å². The Labute approximate surface area is 297 Å². The number of hydrogen-bond donors (Lipinski definition) is 1. The van der Waals surface area contributed by atoms with Crippen LogP contribution in [0.15, 0.2) is 102 Å². The molecule has 4 aromatic rings. The number of para-hydroxylation sites is 2. The molecule has 0 aromatic heterocycles. The number of halogens is 3. The largest absolute Gasteiger partial charge is 0.492 e. The van der Waals surface area contributed by atoms with Gasteiger partial charge in [-0.2, -0.15) is 0 Å².